The molecule has 10 heteroatoms. The summed E-state index contributed by atoms with van der Waals surface area (Å²) in [5.41, 5.74) is 8.38. The van der Waals surface area contributed by atoms with Gasteiger partial charge in [0.25, 0.3) is 0 Å². The number of aromatic nitrogens is 3. The van der Waals surface area contributed by atoms with Gasteiger partial charge >= 0.3 is 0 Å². The van der Waals surface area contributed by atoms with Gasteiger partial charge in [-0.05, 0) is 65.9 Å². The topological polar surface area (TPSA) is 104 Å². The van der Waals surface area contributed by atoms with Crippen molar-refractivity contribution in [2.24, 2.45) is 0 Å². The van der Waals surface area contributed by atoms with Gasteiger partial charge in [0.15, 0.2) is 28.2 Å². The Morgan fingerprint density at radius 3 is 1.98 bits per heavy atom. The first-order chi connectivity index (χ1) is 18.8. The van der Waals surface area contributed by atoms with Crippen LogP contribution < -0.4 is 15.8 Å². The highest BCUT2D eigenvalue weighted by atomic mass is 28.4. The molecule has 3 aromatic rings. The van der Waals surface area contributed by atoms with Crippen LogP contribution in [0, 0.1) is 0 Å². The quantitative estimate of drug-likeness (QED) is 0.213. The zero-order valence-electron chi connectivity index (χ0n) is 27.2. The zero-order chi connectivity index (χ0) is 30.8. The number of anilines is 2. The molecule has 0 aliphatic heterocycles. The molecule has 0 atom stereocenters. The van der Waals surface area contributed by atoms with E-state index < -0.39 is 16.6 Å². The number of nitrogens with two attached hydrogens (primary N) is 1. The lowest BCUT2D eigenvalue weighted by Gasteiger charge is -2.39. The number of rotatable bonds is 11. The third kappa shape index (κ3) is 8.27. The number of hydrogen-bond donors (Lipinski definition) is 2. The maximum Gasteiger partial charge on any atom is 0.225 e. The van der Waals surface area contributed by atoms with Gasteiger partial charge in [0.05, 0.1) is 31.0 Å². The molecule has 1 aromatic carbocycles. The largest absolute Gasteiger partial charge is 0.452 e. The molecule has 0 saturated carbocycles. The third-order valence-corrected chi connectivity index (χ3v) is 17.6. The van der Waals surface area contributed by atoms with Gasteiger partial charge < -0.3 is 24.6 Å². The minimum atomic E-state index is -1.97. The number of pyridine rings is 1. The molecular weight excluding hydrogens is 547 g/mol. The molecule has 0 unspecified atom stereocenters. The van der Waals surface area contributed by atoms with Gasteiger partial charge in [0, 0.05) is 11.6 Å². The summed E-state index contributed by atoms with van der Waals surface area (Å²) < 4.78 is 19.4. The van der Waals surface area contributed by atoms with Crippen LogP contribution >= 0.6 is 0 Å². The Kier molecular flexibility index (Phi) is 9.95. The van der Waals surface area contributed by atoms with E-state index in [0.29, 0.717) is 24.9 Å². The van der Waals surface area contributed by atoms with E-state index in [-0.39, 0.29) is 27.9 Å². The highest BCUT2D eigenvalue weighted by molar-refractivity contribution is 6.74. The molecule has 0 saturated heterocycles. The Morgan fingerprint density at radius 1 is 0.878 bits per heavy atom. The Balaban J connectivity index is 1.83. The fourth-order valence-electron chi connectivity index (χ4n) is 3.67. The molecule has 0 aliphatic rings. The number of benzene rings is 1. The number of fused-ring (bicyclic) bond motifs is 1. The van der Waals surface area contributed by atoms with Gasteiger partial charge in [-0.15, -0.1) is 0 Å². The molecule has 3 N–H and O–H groups in total. The molecule has 0 fully saturated rings. The monoisotopic (exact) mass is 597 g/mol. The summed E-state index contributed by atoms with van der Waals surface area (Å²) in [6, 6.07) is 7.86. The number of nitrogen functional groups attached to an aromatic ring is 1. The predicted molar refractivity (Wildman–Crippen MR) is 176 cm³/mol. The van der Waals surface area contributed by atoms with E-state index in [4.69, 9.17) is 19.3 Å². The van der Waals surface area contributed by atoms with Crippen molar-refractivity contribution >= 4 is 39.3 Å². The number of hydrogen-bond acceptors (Lipinski definition) is 8. The molecule has 2 aromatic heterocycles. The molecule has 0 spiro atoms. The highest BCUT2D eigenvalue weighted by Gasteiger charge is 2.39. The van der Waals surface area contributed by atoms with Crippen molar-refractivity contribution < 1.29 is 13.6 Å². The summed E-state index contributed by atoms with van der Waals surface area (Å²) >= 11 is 0. The molecule has 0 bridgehead atoms. The molecule has 226 valence electrons. The normalized spacial score (nSPS) is 13.3. The van der Waals surface area contributed by atoms with Crippen LogP contribution in [0.5, 0.6) is 11.5 Å². The van der Waals surface area contributed by atoms with Crippen LogP contribution in [0.15, 0.2) is 36.7 Å². The minimum Gasteiger partial charge on any atom is -0.452 e. The van der Waals surface area contributed by atoms with Gasteiger partial charge in [-0.3, -0.25) is 4.98 Å². The van der Waals surface area contributed by atoms with Gasteiger partial charge in [0.1, 0.15) is 5.75 Å². The van der Waals surface area contributed by atoms with E-state index in [1.165, 1.54) is 0 Å². The molecule has 0 aliphatic carbocycles. The van der Waals surface area contributed by atoms with E-state index in [1.807, 2.05) is 18.2 Å². The fraction of sp³-hybridized carbons (Fsp3) is 0.581. The molecule has 2 heterocycles. The van der Waals surface area contributed by atoms with E-state index in [1.54, 1.807) is 12.4 Å². The second kappa shape index (κ2) is 12.4. The Bertz CT molecular complexity index is 1300. The first-order valence-corrected chi connectivity index (χ1v) is 20.4. The van der Waals surface area contributed by atoms with E-state index in [9.17, 15) is 0 Å². The summed E-state index contributed by atoms with van der Waals surface area (Å²) in [5.74, 6) is 2.05. The van der Waals surface area contributed by atoms with Gasteiger partial charge in [-0.2, -0.15) is 4.98 Å². The van der Waals surface area contributed by atoms with Crippen molar-refractivity contribution in [1.29, 1.82) is 0 Å². The van der Waals surface area contributed by atoms with Crippen LogP contribution in [0.3, 0.4) is 0 Å². The molecule has 0 radical (unpaired) electrons. The molecule has 8 nitrogen and oxygen atoms in total. The van der Waals surface area contributed by atoms with Gasteiger partial charge in [-0.1, -0.05) is 61.5 Å². The first-order valence-electron chi connectivity index (χ1n) is 14.5. The van der Waals surface area contributed by atoms with Crippen LogP contribution in [0.1, 0.15) is 66.9 Å². The maximum absolute atomic E-state index is 6.58. The van der Waals surface area contributed by atoms with Crippen molar-refractivity contribution in [3.05, 3.63) is 42.2 Å². The summed E-state index contributed by atoms with van der Waals surface area (Å²) in [6.07, 6.45) is 3.43. The Labute approximate surface area is 249 Å². The summed E-state index contributed by atoms with van der Waals surface area (Å²) in [4.78, 5) is 13.6. The number of nitrogens with zero attached hydrogens (tertiary/aromatic N) is 3. The lowest BCUT2D eigenvalue weighted by Crippen LogP contribution is -2.47. The number of ether oxygens (including phenoxy) is 1. The lowest BCUT2D eigenvalue weighted by atomic mass is 10.00. The second-order valence-corrected chi connectivity index (χ2v) is 23.9. The zero-order valence-corrected chi connectivity index (χ0v) is 29.2. The average Bonchev–Trinajstić information content (AvgIpc) is 2.85. The SMILES string of the molecule is CC(C)c1cc2ncccc2cc1Oc1cnc(NC(CO[Si](C)(C)C(C)(C)C)CO[Si](C)(C)C(C)(C)C)nc1N. The molecule has 3 rings (SSSR count). The molecular formula is C31H51N5O3Si2. The summed E-state index contributed by atoms with van der Waals surface area (Å²) in [7, 11) is -3.94. The van der Waals surface area contributed by atoms with Gasteiger partial charge in [-0.25, -0.2) is 4.98 Å². The van der Waals surface area contributed by atoms with Crippen molar-refractivity contribution in [2.75, 3.05) is 24.3 Å². The average molecular weight is 598 g/mol. The van der Waals surface area contributed by atoms with E-state index in [0.717, 1.165) is 22.2 Å². The predicted octanol–water partition coefficient (Wildman–Crippen LogP) is 8.35. The van der Waals surface area contributed by atoms with Crippen LogP contribution in [-0.2, 0) is 8.85 Å². The van der Waals surface area contributed by atoms with Crippen molar-refractivity contribution in [2.45, 2.75) is 104 Å². The Morgan fingerprint density at radius 2 is 1.46 bits per heavy atom. The highest BCUT2D eigenvalue weighted by Crippen LogP contribution is 2.39. The van der Waals surface area contributed by atoms with Crippen molar-refractivity contribution in [3.8, 4) is 11.5 Å². The maximum atomic E-state index is 6.58. The van der Waals surface area contributed by atoms with Crippen molar-refractivity contribution in [3.63, 3.8) is 0 Å². The standard InChI is InChI=1S/C31H51N5O3Si2/c1-21(2)24-17-25-22(14-13-15-33-25)16-26(24)39-27-18-34-29(36-28(27)32)35-23(19-37-40(9,10)30(3,4)5)20-38-41(11,12)31(6,7)8/h13-18,21,23H,19-20H2,1-12H3,(H3,32,34,35,36). The lowest BCUT2D eigenvalue weighted by molar-refractivity contribution is 0.206. The van der Waals surface area contributed by atoms with E-state index >= 15 is 0 Å². The summed E-state index contributed by atoms with van der Waals surface area (Å²) in [6.45, 7) is 27.7. The van der Waals surface area contributed by atoms with E-state index in [2.05, 4.69) is 108 Å². The number of nitrogens with one attached hydrogen (secondary N) is 1. The van der Waals surface area contributed by atoms with Gasteiger partial charge in [0.2, 0.25) is 5.95 Å². The smallest absolute Gasteiger partial charge is 0.225 e. The Hall–Kier alpha value is -2.54. The second-order valence-electron chi connectivity index (χ2n) is 14.3. The minimum absolute atomic E-state index is 0.103. The molecule has 0 amide bonds. The third-order valence-electron chi connectivity index (χ3n) is 8.60. The van der Waals surface area contributed by atoms with Crippen molar-refractivity contribution in [1.82, 2.24) is 15.0 Å². The fourth-order valence-corrected chi connectivity index (χ4v) is 5.77. The van der Waals surface area contributed by atoms with Crippen LogP contribution in [0.25, 0.3) is 10.9 Å². The first kappa shape index (κ1) is 33.0. The molecule has 41 heavy (non-hydrogen) atoms. The van der Waals surface area contributed by atoms with Crippen LogP contribution in [-0.4, -0.2) is 50.8 Å². The summed E-state index contributed by atoms with van der Waals surface area (Å²) in [5, 5.41) is 4.64. The van der Waals surface area contributed by atoms with Crippen LogP contribution in [0.4, 0.5) is 11.8 Å². The van der Waals surface area contributed by atoms with Crippen LogP contribution in [0.2, 0.25) is 36.3 Å².